The van der Waals surface area contributed by atoms with E-state index in [1.165, 1.54) is 7.11 Å². The molecule has 1 aliphatic rings. The molecule has 5 heteroatoms. The van der Waals surface area contributed by atoms with Gasteiger partial charge in [-0.05, 0) is 26.7 Å². The first-order chi connectivity index (χ1) is 8.54. The number of rotatable bonds is 4. The highest BCUT2D eigenvalue weighted by molar-refractivity contribution is 7.09. The van der Waals surface area contributed by atoms with Crippen molar-refractivity contribution in [2.24, 2.45) is 0 Å². The Morgan fingerprint density at radius 3 is 3.06 bits per heavy atom. The summed E-state index contributed by atoms with van der Waals surface area (Å²) in [5.41, 5.74) is 0.104. The minimum atomic E-state index is -0.681. The van der Waals surface area contributed by atoms with Gasteiger partial charge in [0, 0.05) is 18.4 Å². The maximum atomic E-state index is 11.7. The molecule has 2 rings (SSSR count). The third-order valence-electron chi connectivity index (χ3n) is 3.31. The number of carbonyl (C=O) groups is 1. The maximum Gasteiger partial charge on any atom is 0.317 e. The highest BCUT2D eigenvalue weighted by atomic mass is 32.1. The van der Waals surface area contributed by atoms with Crippen molar-refractivity contribution in [1.29, 1.82) is 0 Å². The zero-order valence-electron chi connectivity index (χ0n) is 11.1. The normalized spacial score (nSPS) is 20.1. The second kappa shape index (κ2) is 5.36. The molecule has 1 aliphatic heterocycles. The van der Waals surface area contributed by atoms with Crippen LogP contribution in [0.4, 0.5) is 0 Å². The van der Waals surface area contributed by atoms with Crippen molar-refractivity contribution in [2.75, 3.05) is 13.7 Å². The molecule has 1 atom stereocenters. The van der Waals surface area contributed by atoms with Gasteiger partial charge in [0.25, 0.3) is 0 Å². The van der Waals surface area contributed by atoms with E-state index in [0.29, 0.717) is 6.10 Å². The summed E-state index contributed by atoms with van der Waals surface area (Å²) in [4.78, 5) is 16.3. The summed E-state index contributed by atoms with van der Waals surface area (Å²) in [6, 6.07) is 0. The molecular formula is C13H19NO3S. The summed E-state index contributed by atoms with van der Waals surface area (Å²) in [5, 5.41) is 2.98. The van der Waals surface area contributed by atoms with E-state index in [2.05, 4.69) is 4.98 Å². The number of ether oxygens (including phenoxy) is 2. The molecule has 1 saturated heterocycles. The van der Waals surface area contributed by atoms with Crippen molar-refractivity contribution in [1.82, 2.24) is 4.98 Å². The zero-order chi connectivity index (χ0) is 13.2. The number of aromatic nitrogens is 1. The first-order valence-electron chi connectivity index (χ1n) is 6.19. The van der Waals surface area contributed by atoms with Crippen LogP contribution in [0.3, 0.4) is 0 Å². The van der Waals surface area contributed by atoms with E-state index in [0.717, 1.165) is 36.6 Å². The van der Waals surface area contributed by atoms with E-state index in [1.807, 2.05) is 19.2 Å². The van der Waals surface area contributed by atoms with Gasteiger partial charge >= 0.3 is 5.97 Å². The minimum absolute atomic E-state index is 0.253. The van der Waals surface area contributed by atoms with Crippen molar-refractivity contribution < 1.29 is 14.3 Å². The molecule has 0 saturated carbocycles. The Morgan fingerprint density at radius 1 is 1.67 bits per heavy atom. The lowest BCUT2D eigenvalue weighted by molar-refractivity contribution is -0.146. The Bertz CT molecular complexity index is 422. The van der Waals surface area contributed by atoms with E-state index in [1.54, 1.807) is 11.3 Å². The van der Waals surface area contributed by atoms with Crippen molar-refractivity contribution >= 4 is 17.3 Å². The van der Waals surface area contributed by atoms with Gasteiger partial charge < -0.3 is 9.47 Å². The highest BCUT2D eigenvalue weighted by Gasteiger charge is 2.33. The van der Waals surface area contributed by atoms with Crippen LogP contribution in [0.5, 0.6) is 0 Å². The molecule has 0 N–H and O–H groups in total. The van der Waals surface area contributed by atoms with Crippen LogP contribution in [0.2, 0.25) is 0 Å². The van der Waals surface area contributed by atoms with Crippen molar-refractivity contribution in [3.05, 3.63) is 16.1 Å². The molecule has 18 heavy (non-hydrogen) atoms. The Balaban J connectivity index is 2.07. The van der Waals surface area contributed by atoms with Crippen LogP contribution >= 0.6 is 11.3 Å². The van der Waals surface area contributed by atoms with Gasteiger partial charge in [-0.3, -0.25) is 4.79 Å². The van der Waals surface area contributed by atoms with E-state index < -0.39 is 5.41 Å². The molecule has 100 valence electrons. The SMILES string of the molecule is COC(=O)C(C)(C)c1csc(CC2CCCO2)n1. The van der Waals surface area contributed by atoms with Gasteiger partial charge in [-0.15, -0.1) is 11.3 Å². The summed E-state index contributed by atoms with van der Waals surface area (Å²) >= 11 is 1.59. The Labute approximate surface area is 111 Å². The molecule has 0 bridgehead atoms. The molecule has 1 aromatic rings. The molecule has 0 aliphatic carbocycles. The predicted molar refractivity (Wildman–Crippen MR) is 69.8 cm³/mol. The molecule has 4 nitrogen and oxygen atoms in total. The van der Waals surface area contributed by atoms with Crippen molar-refractivity contribution in [3.63, 3.8) is 0 Å². The lowest BCUT2D eigenvalue weighted by Gasteiger charge is -2.18. The Morgan fingerprint density at radius 2 is 2.44 bits per heavy atom. The molecular weight excluding hydrogens is 250 g/mol. The summed E-state index contributed by atoms with van der Waals surface area (Å²) in [5.74, 6) is -0.253. The molecule has 0 radical (unpaired) electrons. The number of esters is 1. The monoisotopic (exact) mass is 269 g/mol. The lowest BCUT2D eigenvalue weighted by atomic mass is 9.90. The van der Waals surface area contributed by atoms with Gasteiger partial charge in [-0.2, -0.15) is 0 Å². The molecule has 1 aromatic heterocycles. The first kappa shape index (κ1) is 13.5. The van der Waals surface area contributed by atoms with Crippen molar-refractivity contribution in [3.8, 4) is 0 Å². The smallest absolute Gasteiger partial charge is 0.317 e. The van der Waals surface area contributed by atoms with Crippen LogP contribution in [-0.2, 0) is 26.1 Å². The van der Waals surface area contributed by atoms with E-state index in [4.69, 9.17) is 9.47 Å². The second-order valence-corrected chi connectivity index (χ2v) is 6.02. The molecule has 2 heterocycles. The van der Waals surface area contributed by atoms with E-state index >= 15 is 0 Å². The fraction of sp³-hybridized carbons (Fsp3) is 0.692. The van der Waals surface area contributed by atoms with E-state index in [-0.39, 0.29) is 5.97 Å². The fourth-order valence-electron chi connectivity index (χ4n) is 2.05. The molecule has 1 unspecified atom stereocenters. The minimum Gasteiger partial charge on any atom is -0.468 e. The van der Waals surface area contributed by atoms with Gasteiger partial charge in [0.2, 0.25) is 0 Å². The first-order valence-corrected chi connectivity index (χ1v) is 7.07. The molecule has 0 aromatic carbocycles. The average Bonchev–Trinajstić information content (AvgIpc) is 3.00. The van der Waals surface area contributed by atoms with Crippen molar-refractivity contribution in [2.45, 2.75) is 44.6 Å². The molecule has 0 amide bonds. The second-order valence-electron chi connectivity index (χ2n) is 5.08. The highest BCUT2D eigenvalue weighted by Crippen LogP contribution is 2.27. The van der Waals surface area contributed by atoms with Crippen LogP contribution in [-0.4, -0.2) is 30.8 Å². The quantitative estimate of drug-likeness (QED) is 0.787. The lowest BCUT2D eigenvalue weighted by Crippen LogP contribution is -2.30. The topological polar surface area (TPSA) is 48.4 Å². The molecule has 0 spiro atoms. The van der Waals surface area contributed by atoms with Crippen LogP contribution < -0.4 is 0 Å². The largest absolute Gasteiger partial charge is 0.468 e. The van der Waals surface area contributed by atoms with Crippen LogP contribution in [0, 0.1) is 0 Å². The number of hydrogen-bond acceptors (Lipinski definition) is 5. The number of nitrogens with zero attached hydrogens (tertiary/aromatic N) is 1. The van der Waals surface area contributed by atoms with Crippen LogP contribution in [0.15, 0.2) is 5.38 Å². The number of methoxy groups -OCH3 is 1. The fourth-order valence-corrected chi connectivity index (χ4v) is 3.08. The standard InChI is InChI=1S/C13H19NO3S/c1-13(2,12(15)16-3)10-8-18-11(14-10)7-9-5-4-6-17-9/h8-9H,4-7H2,1-3H3. The summed E-state index contributed by atoms with van der Waals surface area (Å²) in [7, 11) is 1.41. The predicted octanol–water partition coefficient (Wildman–Crippen LogP) is 2.32. The number of hydrogen-bond donors (Lipinski definition) is 0. The van der Waals surface area contributed by atoms with E-state index in [9.17, 15) is 4.79 Å². The van der Waals surface area contributed by atoms with Gasteiger partial charge in [0.15, 0.2) is 0 Å². The zero-order valence-corrected chi connectivity index (χ0v) is 11.9. The average molecular weight is 269 g/mol. The summed E-state index contributed by atoms with van der Waals surface area (Å²) in [6.45, 7) is 4.53. The Kier molecular flexibility index (Phi) is 4.02. The summed E-state index contributed by atoms with van der Waals surface area (Å²) < 4.78 is 10.4. The Hall–Kier alpha value is -0.940. The van der Waals surface area contributed by atoms with Gasteiger partial charge in [-0.25, -0.2) is 4.98 Å². The van der Waals surface area contributed by atoms with Crippen LogP contribution in [0.1, 0.15) is 37.4 Å². The maximum absolute atomic E-state index is 11.7. The number of carbonyl (C=O) groups excluding carboxylic acids is 1. The van der Waals surface area contributed by atoms with Gasteiger partial charge in [0.05, 0.1) is 23.9 Å². The van der Waals surface area contributed by atoms with Gasteiger partial charge in [0.1, 0.15) is 5.41 Å². The summed E-state index contributed by atoms with van der Waals surface area (Å²) in [6.07, 6.45) is 3.39. The molecule has 1 fully saturated rings. The third kappa shape index (κ3) is 2.72. The number of thiazole rings is 1. The third-order valence-corrected chi connectivity index (χ3v) is 4.19. The van der Waals surface area contributed by atoms with Gasteiger partial charge in [-0.1, -0.05) is 0 Å². The van der Waals surface area contributed by atoms with Crippen LogP contribution in [0.25, 0.3) is 0 Å².